The number of hydrogen-bond donors (Lipinski definition) is 1. The zero-order chi connectivity index (χ0) is 16.2. The quantitative estimate of drug-likeness (QED) is 0.839. The van der Waals surface area contributed by atoms with Gasteiger partial charge >= 0.3 is 0 Å². The number of fused-ring (bicyclic) bond motifs is 1. The Labute approximate surface area is 145 Å². The summed E-state index contributed by atoms with van der Waals surface area (Å²) in [5.74, 6) is 1.89. The van der Waals surface area contributed by atoms with Crippen LogP contribution in [0.5, 0.6) is 11.5 Å². The Bertz CT molecular complexity index is 659. The number of alkyl halides is 2. The van der Waals surface area contributed by atoms with Crippen molar-refractivity contribution in [3.8, 4) is 11.5 Å². The molecular weight excluding hydrogens is 337 g/mol. The van der Waals surface area contributed by atoms with Crippen LogP contribution in [0.2, 0.25) is 0 Å². The van der Waals surface area contributed by atoms with Gasteiger partial charge in [-0.05, 0) is 49.8 Å². The van der Waals surface area contributed by atoms with Gasteiger partial charge in [-0.25, -0.2) is 0 Å². The zero-order valence-electron chi connectivity index (χ0n) is 12.9. The number of nitrogens with one attached hydrogen (secondary N) is 1. The van der Waals surface area contributed by atoms with Crippen molar-refractivity contribution in [2.75, 3.05) is 13.2 Å². The predicted molar refractivity (Wildman–Crippen MR) is 88.2 cm³/mol. The van der Waals surface area contributed by atoms with Gasteiger partial charge in [0.25, 0.3) is 0 Å². The standard InChI is InChI=1S/C17H19Cl2NO3/c1-16(9-17(16,18)19)15(21)20-14(10-2-3-10)11-4-5-12-13(8-11)23-7-6-22-12/h4-5,8,10,14H,2-3,6-7,9H2,1H3,(H,20,21). The second kappa shape index (κ2) is 5.18. The van der Waals surface area contributed by atoms with Gasteiger partial charge in [0.2, 0.25) is 5.91 Å². The van der Waals surface area contributed by atoms with Gasteiger partial charge in [-0.2, -0.15) is 0 Å². The third kappa shape index (κ3) is 2.66. The maximum absolute atomic E-state index is 12.6. The molecule has 0 bridgehead atoms. The Hall–Kier alpha value is -1.13. The van der Waals surface area contributed by atoms with Gasteiger partial charge in [-0.15, -0.1) is 23.2 Å². The molecule has 23 heavy (non-hydrogen) atoms. The number of hydrogen-bond acceptors (Lipinski definition) is 3. The molecule has 0 saturated heterocycles. The first kappa shape index (κ1) is 15.4. The lowest BCUT2D eigenvalue weighted by molar-refractivity contribution is -0.126. The number of halogens is 2. The van der Waals surface area contributed by atoms with Gasteiger partial charge in [-0.1, -0.05) is 6.07 Å². The molecule has 0 radical (unpaired) electrons. The summed E-state index contributed by atoms with van der Waals surface area (Å²) in [4.78, 5) is 12.6. The van der Waals surface area contributed by atoms with E-state index >= 15 is 0 Å². The number of carbonyl (C=O) groups is 1. The van der Waals surface area contributed by atoms with Crippen LogP contribution >= 0.6 is 23.2 Å². The first-order valence-corrected chi connectivity index (χ1v) is 8.75. The van der Waals surface area contributed by atoms with Gasteiger partial charge in [0.15, 0.2) is 11.5 Å². The number of benzene rings is 1. The Morgan fingerprint density at radius 1 is 1.26 bits per heavy atom. The molecular formula is C17H19Cl2NO3. The van der Waals surface area contributed by atoms with Crippen molar-refractivity contribution in [1.29, 1.82) is 0 Å². The highest BCUT2D eigenvalue weighted by Gasteiger charge is 2.68. The van der Waals surface area contributed by atoms with Crippen molar-refractivity contribution in [1.82, 2.24) is 5.32 Å². The first-order chi connectivity index (χ1) is 10.9. The summed E-state index contributed by atoms with van der Waals surface area (Å²) < 4.78 is 10.3. The Morgan fingerprint density at radius 2 is 1.91 bits per heavy atom. The van der Waals surface area contributed by atoms with Crippen LogP contribution in [0, 0.1) is 11.3 Å². The maximum atomic E-state index is 12.6. The zero-order valence-corrected chi connectivity index (χ0v) is 14.4. The summed E-state index contributed by atoms with van der Waals surface area (Å²) in [5, 5.41) is 3.16. The van der Waals surface area contributed by atoms with Crippen molar-refractivity contribution in [3.05, 3.63) is 23.8 Å². The molecule has 0 aromatic heterocycles. The fraction of sp³-hybridized carbons (Fsp3) is 0.588. The van der Waals surface area contributed by atoms with Crippen LogP contribution in [-0.2, 0) is 4.79 Å². The molecule has 1 N–H and O–H groups in total. The summed E-state index contributed by atoms with van der Waals surface area (Å²) in [5.41, 5.74) is 0.348. The van der Waals surface area contributed by atoms with Crippen molar-refractivity contribution >= 4 is 29.1 Å². The second-order valence-corrected chi connectivity index (χ2v) is 8.39. The molecule has 1 aromatic rings. The monoisotopic (exact) mass is 355 g/mol. The van der Waals surface area contributed by atoms with Crippen LogP contribution in [0.1, 0.15) is 37.8 Å². The lowest BCUT2D eigenvalue weighted by atomic mass is 9.99. The highest BCUT2D eigenvalue weighted by atomic mass is 35.5. The van der Waals surface area contributed by atoms with Gasteiger partial charge < -0.3 is 14.8 Å². The average molecular weight is 356 g/mol. The van der Waals surface area contributed by atoms with Crippen LogP contribution in [0.4, 0.5) is 0 Å². The minimum absolute atomic E-state index is 0.0279. The minimum atomic E-state index is -0.946. The largest absolute Gasteiger partial charge is 0.486 e. The highest BCUT2D eigenvalue weighted by Crippen LogP contribution is 2.64. The molecule has 2 atom stereocenters. The third-order valence-corrected chi connectivity index (χ3v) is 6.17. The van der Waals surface area contributed by atoms with Crippen LogP contribution in [0.15, 0.2) is 18.2 Å². The molecule has 3 aliphatic rings. The smallest absolute Gasteiger partial charge is 0.229 e. The molecule has 2 saturated carbocycles. The van der Waals surface area contributed by atoms with E-state index in [1.165, 1.54) is 0 Å². The maximum Gasteiger partial charge on any atom is 0.229 e. The van der Waals surface area contributed by atoms with E-state index in [-0.39, 0.29) is 11.9 Å². The van der Waals surface area contributed by atoms with Gasteiger partial charge in [-0.3, -0.25) is 4.79 Å². The Morgan fingerprint density at radius 3 is 2.52 bits per heavy atom. The number of amides is 1. The second-order valence-electron chi connectivity index (χ2n) is 6.90. The van der Waals surface area contributed by atoms with E-state index in [0.29, 0.717) is 25.6 Å². The van der Waals surface area contributed by atoms with Crippen LogP contribution in [0.25, 0.3) is 0 Å². The molecule has 6 heteroatoms. The summed E-state index contributed by atoms with van der Waals surface area (Å²) >= 11 is 12.3. The van der Waals surface area contributed by atoms with E-state index in [2.05, 4.69) is 5.32 Å². The van der Waals surface area contributed by atoms with Crippen molar-refractivity contribution in [2.45, 2.75) is 36.6 Å². The Kier molecular flexibility index (Phi) is 3.47. The fourth-order valence-corrected chi connectivity index (χ4v) is 3.81. The van der Waals surface area contributed by atoms with Gasteiger partial charge in [0, 0.05) is 0 Å². The predicted octanol–water partition coefficient (Wildman–Crippen LogP) is 3.61. The minimum Gasteiger partial charge on any atom is -0.486 e. The third-order valence-electron chi connectivity index (χ3n) is 5.06. The van der Waals surface area contributed by atoms with Gasteiger partial charge in [0.1, 0.15) is 17.5 Å². The topological polar surface area (TPSA) is 47.6 Å². The molecule has 4 nitrogen and oxygen atoms in total. The SMILES string of the molecule is CC1(C(=O)NC(c2ccc3c(c2)OCCO3)C2CC2)CC1(Cl)Cl. The lowest BCUT2D eigenvalue weighted by Crippen LogP contribution is -2.37. The fourth-order valence-electron chi connectivity index (χ4n) is 3.10. The first-order valence-electron chi connectivity index (χ1n) is 7.99. The molecule has 2 unspecified atom stereocenters. The normalized spacial score (nSPS) is 28.8. The van der Waals surface area contributed by atoms with Crippen molar-refractivity contribution < 1.29 is 14.3 Å². The average Bonchev–Trinajstić information content (AvgIpc) is 3.43. The van der Waals surface area contributed by atoms with E-state index in [1.807, 2.05) is 25.1 Å². The molecule has 1 heterocycles. The highest BCUT2D eigenvalue weighted by molar-refractivity contribution is 6.53. The van der Waals surface area contributed by atoms with Gasteiger partial charge in [0.05, 0.1) is 11.5 Å². The molecule has 2 fully saturated rings. The number of rotatable bonds is 4. The summed E-state index contributed by atoms with van der Waals surface area (Å²) in [6, 6.07) is 5.86. The van der Waals surface area contributed by atoms with Crippen LogP contribution in [0.3, 0.4) is 0 Å². The molecule has 0 spiro atoms. The summed E-state index contributed by atoms with van der Waals surface area (Å²) in [7, 11) is 0. The van der Waals surface area contributed by atoms with Crippen molar-refractivity contribution in [2.24, 2.45) is 11.3 Å². The Balaban J connectivity index is 1.56. The molecule has 124 valence electrons. The molecule has 2 aliphatic carbocycles. The molecule has 4 rings (SSSR count). The number of carbonyl (C=O) groups excluding carboxylic acids is 1. The van der Waals surface area contributed by atoms with Crippen molar-refractivity contribution in [3.63, 3.8) is 0 Å². The van der Waals surface area contributed by atoms with E-state index in [1.54, 1.807) is 0 Å². The van der Waals surface area contributed by atoms with E-state index in [0.717, 1.165) is 29.9 Å². The van der Waals surface area contributed by atoms with Crippen LogP contribution in [-0.4, -0.2) is 23.5 Å². The molecule has 1 amide bonds. The summed E-state index contributed by atoms with van der Waals surface area (Å²) in [6.45, 7) is 2.94. The summed E-state index contributed by atoms with van der Waals surface area (Å²) in [6.07, 6.45) is 2.72. The lowest BCUT2D eigenvalue weighted by Gasteiger charge is -2.24. The van der Waals surface area contributed by atoms with E-state index in [4.69, 9.17) is 32.7 Å². The number of ether oxygens (including phenoxy) is 2. The van der Waals surface area contributed by atoms with E-state index in [9.17, 15) is 4.79 Å². The molecule has 1 aliphatic heterocycles. The van der Waals surface area contributed by atoms with Crippen LogP contribution < -0.4 is 14.8 Å². The van der Waals surface area contributed by atoms with E-state index < -0.39 is 9.75 Å². The molecule has 1 aromatic carbocycles.